The number of carbonyl (C=O) groups excluding carboxylic acids is 2. The molecule has 0 bridgehead atoms. The molecule has 1 N–H and O–H groups in total. The van der Waals surface area contributed by atoms with Gasteiger partial charge in [0.25, 0.3) is 11.8 Å². The smallest absolute Gasteiger partial charge is 0.255 e. The molecule has 0 spiro atoms. The molecule has 1 aliphatic heterocycles. The number of morpholine rings is 1. The fourth-order valence-electron chi connectivity index (χ4n) is 2.81. The summed E-state index contributed by atoms with van der Waals surface area (Å²) in [5, 5.41) is 2.84. The summed E-state index contributed by atoms with van der Waals surface area (Å²) in [5.41, 5.74) is 1.75. The maximum absolute atomic E-state index is 12.4. The second-order valence-electron chi connectivity index (χ2n) is 6.63. The van der Waals surface area contributed by atoms with Crippen LogP contribution >= 0.6 is 0 Å². The number of nitrogens with one attached hydrogen (secondary N) is 1. The SMILES string of the molecule is CC(C)Oc1ccc(NC(=O)c2ccc(C(=O)N3CCOCC3)cc2)cc1. The van der Waals surface area contributed by atoms with Crippen LogP contribution < -0.4 is 10.1 Å². The van der Waals surface area contributed by atoms with Crippen molar-refractivity contribution in [3.63, 3.8) is 0 Å². The normalized spacial score (nSPS) is 14.1. The fraction of sp³-hybridized carbons (Fsp3) is 0.333. The molecule has 1 fully saturated rings. The third-order valence-electron chi connectivity index (χ3n) is 4.18. The molecule has 0 saturated carbocycles. The van der Waals surface area contributed by atoms with Crippen LogP contribution in [0.1, 0.15) is 34.6 Å². The van der Waals surface area contributed by atoms with Gasteiger partial charge in [0.2, 0.25) is 0 Å². The van der Waals surface area contributed by atoms with Crippen molar-refractivity contribution >= 4 is 17.5 Å². The van der Waals surface area contributed by atoms with Crippen LogP contribution in [0.2, 0.25) is 0 Å². The predicted octanol–water partition coefficient (Wildman–Crippen LogP) is 3.20. The van der Waals surface area contributed by atoms with E-state index in [1.54, 1.807) is 41.3 Å². The Morgan fingerprint density at radius 2 is 1.56 bits per heavy atom. The Kier molecular flexibility index (Phi) is 6.08. The first-order valence-electron chi connectivity index (χ1n) is 9.08. The van der Waals surface area contributed by atoms with E-state index < -0.39 is 0 Å². The van der Waals surface area contributed by atoms with E-state index in [2.05, 4.69) is 5.32 Å². The molecule has 1 heterocycles. The van der Waals surface area contributed by atoms with Crippen molar-refractivity contribution in [1.82, 2.24) is 4.90 Å². The minimum atomic E-state index is -0.224. The fourth-order valence-corrected chi connectivity index (χ4v) is 2.81. The van der Waals surface area contributed by atoms with Gasteiger partial charge in [-0.05, 0) is 62.4 Å². The van der Waals surface area contributed by atoms with Gasteiger partial charge < -0.3 is 19.7 Å². The number of benzene rings is 2. The lowest BCUT2D eigenvalue weighted by molar-refractivity contribution is 0.0303. The highest BCUT2D eigenvalue weighted by Gasteiger charge is 2.18. The minimum absolute atomic E-state index is 0.0361. The molecule has 2 amide bonds. The lowest BCUT2D eigenvalue weighted by atomic mass is 10.1. The summed E-state index contributed by atoms with van der Waals surface area (Å²) in [5.74, 6) is 0.498. The highest BCUT2D eigenvalue weighted by Crippen LogP contribution is 2.18. The standard InChI is InChI=1S/C21H24N2O4/c1-15(2)27-19-9-7-18(8-10-19)22-20(24)16-3-5-17(6-4-16)21(25)23-11-13-26-14-12-23/h3-10,15H,11-14H2,1-2H3,(H,22,24). The largest absolute Gasteiger partial charge is 0.491 e. The monoisotopic (exact) mass is 368 g/mol. The van der Waals surface area contributed by atoms with Crippen LogP contribution in [0, 0.1) is 0 Å². The van der Waals surface area contributed by atoms with Crippen molar-refractivity contribution in [2.75, 3.05) is 31.6 Å². The van der Waals surface area contributed by atoms with E-state index in [1.807, 2.05) is 26.0 Å². The van der Waals surface area contributed by atoms with Crippen molar-refractivity contribution in [3.8, 4) is 5.75 Å². The lowest BCUT2D eigenvalue weighted by Gasteiger charge is -2.26. The van der Waals surface area contributed by atoms with Gasteiger partial charge >= 0.3 is 0 Å². The quantitative estimate of drug-likeness (QED) is 0.880. The summed E-state index contributed by atoms with van der Waals surface area (Å²) in [6, 6.07) is 13.9. The molecular formula is C21H24N2O4. The first kappa shape index (κ1) is 18.9. The van der Waals surface area contributed by atoms with Gasteiger partial charge in [0, 0.05) is 29.9 Å². The van der Waals surface area contributed by atoms with Gasteiger partial charge in [-0.15, -0.1) is 0 Å². The zero-order chi connectivity index (χ0) is 19.2. The molecule has 6 nitrogen and oxygen atoms in total. The van der Waals surface area contributed by atoms with Gasteiger partial charge in [-0.3, -0.25) is 9.59 Å². The number of hydrogen-bond acceptors (Lipinski definition) is 4. The third kappa shape index (κ3) is 5.08. The Hall–Kier alpha value is -2.86. The molecule has 6 heteroatoms. The lowest BCUT2D eigenvalue weighted by Crippen LogP contribution is -2.40. The molecule has 0 aliphatic carbocycles. The van der Waals surface area contributed by atoms with Gasteiger partial charge in [-0.2, -0.15) is 0 Å². The van der Waals surface area contributed by atoms with Crippen molar-refractivity contribution in [2.45, 2.75) is 20.0 Å². The molecule has 0 aromatic heterocycles. The number of anilines is 1. The molecule has 2 aromatic carbocycles. The van der Waals surface area contributed by atoms with Crippen molar-refractivity contribution in [2.24, 2.45) is 0 Å². The Bertz CT molecular complexity index is 779. The maximum atomic E-state index is 12.4. The predicted molar refractivity (Wildman–Crippen MR) is 103 cm³/mol. The van der Waals surface area contributed by atoms with Crippen LogP contribution in [0.5, 0.6) is 5.75 Å². The molecule has 1 saturated heterocycles. The Morgan fingerprint density at radius 1 is 0.963 bits per heavy atom. The van der Waals surface area contributed by atoms with Crippen LogP contribution in [0.15, 0.2) is 48.5 Å². The van der Waals surface area contributed by atoms with Crippen molar-refractivity contribution in [1.29, 1.82) is 0 Å². The van der Waals surface area contributed by atoms with Crippen LogP contribution in [0.3, 0.4) is 0 Å². The van der Waals surface area contributed by atoms with Gasteiger partial charge in [-0.25, -0.2) is 0 Å². The number of nitrogens with zero attached hydrogens (tertiary/aromatic N) is 1. The number of rotatable bonds is 5. The average molecular weight is 368 g/mol. The van der Waals surface area contributed by atoms with E-state index >= 15 is 0 Å². The van der Waals surface area contributed by atoms with Crippen LogP contribution in [0.25, 0.3) is 0 Å². The summed E-state index contributed by atoms with van der Waals surface area (Å²) in [4.78, 5) is 26.6. The van der Waals surface area contributed by atoms with Gasteiger partial charge in [0.05, 0.1) is 19.3 Å². The average Bonchev–Trinajstić information content (AvgIpc) is 2.69. The van der Waals surface area contributed by atoms with Gasteiger partial charge in [0.1, 0.15) is 5.75 Å². The summed E-state index contributed by atoms with van der Waals surface area (Å²) in [7, 11) is 0. The second-order valence-corrected chi connectivity index (χ2v) is 6.63. The third-order valence-corrected chi connectivity index (χ3v) is 4.18. The van der Waals surface area contributed by atoms with E-state index in [0.29, 0.717) is 43.1 Å². The minimum Gasteiger partial charge on any atom is -0.491 e. The maximum Gasteiger partial charge on any atom is 0.255 e. The topological polar surface area (TPSA) is 67.9 Å². The van der Waals surface area contributed by atoms with Crippen LogP contribution in [-0.2, 0) is 4.74 Å². The van der Waals surface area contributed by atoms with E-state index in [0.717, 1.165) is 5.75 Å². The second kappa shape index (κ2) is 8.68. The number of amides is 2. The first-order valence-corrected chi connectivity index (χ1v) is 9.08. The summed E-state index contributed by atoms with van der Waals surface area (Å²) >= 11 is 0. The van der Waals surface area contributed by atoms with Crippen molar-refractivity contribution < 1.29 is 19.1 Å². The zero-order valence-electron chi connectivity index (χ0n) is 15.6. The molecule has 0 unspecified atom stereocenters. The molecule has 1 aliphatic rings. The number of carbonyl (C=O) groups is 2. The summed E-state index contributed by atoms with van der Waals surface area (Å²) in [6.07, 6.45) is 0.101. The summed E-state index contributed by atoms with van der Waals surface area (Å²) in [6.45, 7) is 6.24. The highest BCUT2D eigenvalue weighted by atomic mass is 16.5. The number of hydrogen-bond donors (Lipinski definition) is 1. The van der Waals surface area contributed by atoms with Gasteiger partial charge in [-0.1, -0.05) is 0 Å². The first-order chi connectivity index (χ1) is 13.0. The van der Waals surface area contributed by atoms with Gasteiger partial charge in [0.15, 0.2) is 0 Å². The van der Waals surface area contributed by atoms with E-state index in [-0.39, 0.29) is 17.9 Å². The molecule has 27 heavy (non-hydrogen) atoms. The molecule has 142 valence electrons. The Labute approximate surface area is 159 Å². The molecule has 0 atom stereocenters. The number of ether oxygens (including phenoxy) is 2. The van der Waals surface area contributed by atoms with E-state index in [4.69, 9.17) is 9.47 Å². The highest BCUT2D eigenvalue weighted by molar-refractivity contribution is 6.05. The molecule has 0 radical (unpaired) electrons. The van der Waals surface area contributed by atoms with Crippen LogP contribution in [0.4, 0.5) is 5.69 Å². The van der Waals surface area contributed by atoms with E-state index in [1.165, 1.54) is 0 Å². The van der Waals surface area contributed by atoms with Crippen molar-refractivity contribution in [3.05, 3.63) is 59.7 Å². The van der Waals surface area contributed by atoms with Crippen LogP contribution in [-0.4, -0.2) is 49.1 Å². The van der Waals surface area contributed by atoms with E-state index in [9.17, 15) is 9.59 Å². The Balaban J connectivity index is 1.61. The molecule has 2 aromatic rings. The summed E-state index contributed by atoms with van der Waals surface area (Å²) < 4.78 is 10.9. The molecular weight excluding hydrogens is 344 g/mol. The zero-order valence-corrected chi connectivity index (χ0v) is 15.6. The molecule has 3 rings (SSSR count). The Morgan fingerprint density at radius 3 is 2.15 bits per heavy atom.